The number of aromatic nitrogens is 3. The van der Waals surface area contributed by atoms with E-state index in [9.17, 15) is 0 Å². The van der Waals surface area contributed by atoms with E-state index in [2.05, 4.69) is 10.1 Å². The van der Waals surface area contributed by atoms with Crippen LogP contribution in [0.15, 0.2) is 0 Å². The monoisotopic (exact) mass is 139 g/mol. The Morgan fingerprint density at radius 1 is 1.60 bits per heavy atom. The van der Waals surface area contributed by atoms with E-state index in [4.69, 9.17) is 4.74 Å². The highest BCUT2D eigenvalue weighted by atomic mass is 16.5. The Hall–Kier alpha value is -0.900. The quantitative estimate of drug-likeness (QED) is 0.512. The fraction of sp³-hybridized carbons (Fsp3) is 0.667. The van der Waals surface area contributed by atoms with E-state index >= 15 is 0 Å². The van der Waals surface area contributed by atoms with Gasteiger partial charge in [0.25, 0.3) is 0 Å². The van der Waals surface area contributed by atoms with Crippen LogP contribution in [-0.4, -0.2) is 21.4 Å². The number of aryl methyl sites for hydroxylation is 1. The molecule has 1 aliphatic rings. The third-order valence-electron chi connectivity index (χ3n) is 1.54. The van der Waals surface area contributed by atoms with Crippen LogP contribution in [0.1, 0.15) is 11.6 Å². The predicted octanol–water partition coefficient (Wildman–Crippen LogP) is 0.117. The third-order valence-corrected chi connectivity index (χ3v) is 1.54. The topological polar surface area (TPSA) is 39.9 Å². The fourth-order valence-corrected chi connectivity index (χ4v) is 1.10. The number of hydrogen-bond donors (Lipinski definition) is 0. The van der Waals surface area contributed by atoms with Crippen molar-refractivity contribution >= 4 is 0 Å². The minimum atomic E-state index is 0.566. The number of hydrogen-bond acceptors (Lipinski definition) is 3. The maximum absolute atomic E-state index is 5.17. The fourth-order valence-electron chi connectivity index (χ4n) is 1.10. The van der Waals surface area contributed by atoms with Crippen molar-refractivity contribution < 1.29 is 4.74 Å². The second kappa shape index (κ2) is 2.05. The molecule has 0 radical (unpaired) electrons. The van der Waals surface area contributed by atoms with Gasteiger partial charge in [-0.25, -0.2) is 9.67 Å². The minimum absolute atomic E-state index is 0.566. The molecule has 4 nitrogen and oxygen atoms in total. The summed E-state index contributed by atoms with van der Waals surface area (Å²) in [4.78, 5) is 4.22. The van der Waals surface area contributed by atoms with Crippen molar-refractivity contribution in [1.29, 1.82) is 0 Å². The SMILES string of the molecule is Cc1nc2n(n1)COCC2. The second-order valence-electron chi connectivity index (χ2n) is 2.36. The first-order valence-corrected chi connectivity index (χ1v) is 3.34. The first-order chi connectivity index (χ1) is 4.86. The summed E-state index contributed by atoms with van der Waals surface area (Å²) in [5, 5.41) is 4.13. The molecular formula is C6H9N3O. The van der Waals surface area contributed by atoms with E-state index in [1.807, 2.05) is 6.92 Å². The average Bonchev–Trinajstić information content (AvgIpc) is 2.27. The Labute approximate surface area is 58.8 Å². The van der Waals surface area contributed by atoms with Gasteiger partial charge in [-0.2, -0.15) is 5.10 Å². The van der Waals surface area contributed by atoms with Gasteiger partial charge in [-0.15, -0.1) is 0 Å². The van der Waals surface area contributed by atoms with Crippen molar-refractivity contribution in [2.24, 2.45) is 0 Å². The zero-order valence-corrected chi connectivity index (χ0v) is 5.87. The number of ether oxygens (including phenoxy) is 1. The molecular weight excluding hydrogens is 130 g/mol. The van der Waals surface area contributed by atoms with Crippen LogP contribution in [0.2, 0.25) is 0 Å². The van der Waals surface area contributed by atoms with E-state index < -0.39 is 0 Å². The van der Waals surface area contributed by atoms with Crippen molar-refractivity contribution in [3.63, 3.8) is 0 Å². The van der Waals surface area contributed by atoms with Crippen LogP contribution in [0.5, 0.6) is 0 Å². The zero-order chi connectivity index (χ0) is 6.97. The summed E-state index contributed by atoms with van der Waals surface area (Å²) >= 11 is 0. The van der Waals surface area contributed by atoms with Crippen LogP contribution in [0.25, 0.3) is 0 Å². The maximum atomic E-state index is 5.17. The largest absolute Gasteiger partial charge is 0.359 e. The Bertz CT molecular complexity index is 220. The summed E-state index contributed by atoms with van der Waals surface area (Å²) in [6.07, 6.45) is 0.890. The first-order valence-electron chi connectivity index (χ1n) is 3.34. The molecule has 0 aliphatic carbocycles. The molecule has 1 aliphatic heterocycles. The van der Waals surface area contributed by atoms with Crippen LogP contribution in [0.4, 0.5) is 0 Å². The Morgan fingerprint density at radius 3 is 3.30 bits per heavy atom. The van der Waals surface area contributed by atoms with Gasteiger partial charge in [0.15, 0.2) is 0 Å². The van der Waals surface area contributed by atoms with Gasteiger partial charge in [0.2, 0.25) is 0 Å². The van der Waals surface area contributed by atoms with Gasteiger partial charge in [0.05, 0.1) is 6.61 Å². The highest BCUT2D eigenvalue weighted by Gasteiger charge is 2.10. The predicted molar refractivity (Wildman–Crippen MR) is 34.4 cm³/mol. The molecule has 0 saturated heterocycles. The molecule has 1 aromatic rings. The average molecular weight is 139 g/mol. The summed E-state index contributed by atoms with van der Waals surface area (Å²) in [6, 6.07) is 0. The van der Waals surface area contributed by atoms with Crippen LogP contribution in [0.3, 0.4) is 0 Å². The van der Waals surface area contributed by atoms with Crippen molar-refractivity contribution in [1.82, 2.24) is 14.8 Å². The smallest absolute Gasteiger partial charge is 0.147 e. The molecule has 4 heteroatoms. The lowest BCUT2D eigenvalue weighted by atomic mass is 10.4. The van der Waals surface area contributed by atoms with Crippen molar-refractivity contribution in [3.05, 3.63) is 11.6 Å². The van der Waals surface area contributed by atoms with E-state index in [-0.39, 0.29) is 0 Å². The second-order valence-corrected chi connectivity index (χ2v) is 2.36. The van der Waals surface area contributed by atoms with Gasteiger partial charge in [-0.05, 0) is 6.92 Å². The Kier molecular flexibility index (Phi) is 1.20. The Balaban J connectivity index is 2.41. The third kappa shape index (κ3) is 0.806. The summed E-state index contributed by atoms with van der Waals surface area (Å²) in [7, 11) is 0. The molecule has 54 valence electrons. The van der Waals surface area contributed by atoms with Gasteiger partial charge >= 0.3 is 0 Å². The molecule has 0 N–H and O–H groups in total. The molecule has 0 fully saturated rings. The van der Waals surface area contributed by atoms with Gasteiger partial charge in [0.1, 0.15) is 18.4 Å². The highest BCUT2D eigenvalue weighted by molar-refractivity contribution is 4.92. The standard InChI is InChI=1S/C6H9N3O/c1-5-7-6-2-3-10-4-9(6)8-5/h2-4H2,1H3. The molecule has 10 heavy (non-hydrogen) atoms. The molecule has 0 unspecified atom stereocenters. The summed E-state index contributed by atoms with van der Waals surface area (Å²) in [5.74, 6) is 1.88. The van der Waals surface area contributed by atoms with Crippen LogP contribution >= 0.6 is 0 Å². The molecule has 0 bridgehead atoms. The Morgan fingerprint density at radius 2 is 2.50 bits per heavy atom. The molecule has 2 rings (SSSR count). The van der Waals surface area contributed by atoms with E-state index in [1.54, 1.807) is 4.68 Å². The summed E-state index contributed by atoms with van der Waals surface area (Å²) in [5.41, 5.74) is 0. The van der Waals surface area contributed by atoms with Crippen molar-refractivity contribution in [2.75, 3.05) is 6.61 Å². The highest BCUT2D eigenvalue weighted by Crippen LogP contribution is 2.04. The van der Waals surface area contributed by atoms with Gasteiger partial charge in [-0.3, -0.25) is 0 Å². The molecule has 0 spiro atoms. The molecule has 0 aromatic carbocycles. The van der Waals surface area contributed by atoms with Crippen LogP contribution in [-0.2, 0) is 17.9 Å². The first kappa shape index (κ1) is 5.85. The number of nitrogens with zero attached hydrogens (tertiary/aromatic N) is 3. The molecule has 0 atom stereocenters. The van der Waals surface area contributed by atoms with E-state index in [1.165, 1.54) is 0 Å². The van der Waals surface area contributed by atoms with Gasteiger partial charge < -0.3 is 4.74 Å². The maximum Gasteiger partial charge on any atom is 0.147 e. The van der Waals surface area contributed by atoms with E-state index in [0.29, 0.717) is 6.73 Å². The van der Waals surface area contributed by atoms with Crippen molar-refractivity contribution in [2.45, 2.75) is 20.1 Å². The minimum Gasteiger partial charge on any atom is -0.359 e. The van der Waals surface area contributed by atoms with E-state index in [0.717, 1.165) is 24.7 Å². The van der Waals surface area contributed by atoms with Crippen molar-refractivity contribution in [3.8, 4) is 0 Å². The zero-order valence-electron chi connectivity index (χ0n) is 5.87. The summed E-state index contributed by atoms with van der Waals surface area (Å²) in [6.45, 7) is 3.24. The number of fused-ring (bicyclic) bond motifs is 1. The lowest BCUT2D eigenvalue weighted by Crippen LogP contribution is -2.17. The van der Waals surface area contributed by atoms with Gasteiger partial charge in [-0.1, -0.05) is 0 Å². The normalized spacial score (nSPS) is 16.9. The molecule has 2 heterocycles. The van der Waals surface area contributed by atoms with Crippen LogP contribution in [0, 0.1) is 6.92 Å². The molecule has 1 aromatic heterocycles. The lowest BCUT2D eigenvalue weighted by Gasteiger charge is -2.11. The lowest BCUT2D eigenvalue weighted by molar-refractivity contribution is 0.0465. The summed E-state index contributed by atoms with van der Waals surface area (Å²) < 4.78 is 6.97. The molecule has 0 amide bonds. The number of rotatable bonds is 0. The van der Waals surface area contributed by atoms with Gasteiger partial charge in [0, 0.05) is 6.42 Å². The molecule has 0 saturated carbocycles. The van der Waals surface area contributed by atoms with Crippen LogP contribution < -0.4 is 0 Å².